The largest absolute Gasteiger partial charge is 0.369 e. The van der Waals surface area contributed by atoms with Gasteiger partial charge in [0.25, 0.3) is 0 Å². The van der Waals surface area contributed by atoms with Gasteiger partial charge >= 0.3 is 0 Å². The van der Waals surface area contributed by atoms with Crippen LogP contribution < -0.4 is 11.1 Å². The molecular formula is C16H30N2O2. The van der Waals surface area contributed by atoms with E-state index in [0.29, 0.717) is 12.5 Å². The Morgan fingerprint density at radius 2 is 1.85 bits per heavy atom. The first-order valence-corrected chi connectivity index (χ1v) is 8.17. The molecule has 0 aliphatic heterocycles. The molecule has 1 fully saturated rings. The summed E-state index contributed by atoms with van der Waals surface area (Å²) in [5.74, 6) is -0.248. The highest BCUT2D eigenvalue weighted by Crippen LogP contribution is 2.34. The van der Waals surface area contributed by atoms with Crippen molar-refractivity contribution in [3.63, 3.8) is 0 Å². The van der Waals surface area contributed by atoms with Gasteiger partial charge in [0.1, 0.15) is 0 Å². The number of rotatable bonds is 9. The van der Waals surface area contributed by atoms with Crippen LogP contribution in [-0.2, 0) is 9.59 Å². The average molecular weight is 282 g/mol. The summed E-state index contributed by atoms with van der Waals surface area (Å²) in [5, 5.41) is 2.88. The number of hydrogen-bond donors (Lipinski definition) is 2. The number of amides is 2. The molecule has 0 unspecified atom stereocenters. The van der Waals surface area contributed by atoms with E-state index in [2.05, 4.69) is 12.2 Å². The van der Waals surface area contributed by atoms with Gasteiger partial charge in [0.2, 0.25) is 11.8 Å². The van der Waals surface area contributed by atoms with E-state index >= 15 is 0 Å². The molecule has 2 atom stereocenters. The summed E-state index contributed by atoms with van der Waals surface area (Å²) in [4.78, 5) is 24.1. The first-order valence-electron chi connectivity index (χ1n) is 8.17. The molecule has 4 heteroatoms. The van der Waals surface area contributed by atoms with Crippen molar-refractivity contribution in [2.24, 2.45) is 23.5 Å². The van der Waals surface area contributed by atoms with Crippen molar-refractivity contribution in [2.75, 3.05) is 6.54 Å². The van der Waals surface area contributed by atoms with Crippen LogP contribution >= 0.6 is 0 Å². The lowest BCUT2D eigenvalue weighted by molar-refractivity contribution is -0.134. The Morgan fingerprint density at radius 3 is 2.35 bits per heavy atom. The summed E-state index contributed by atoms with van der Waals surface area (Å²) in [6, 6.07) is 0. The van der Waals surface area contributed by atoms with Gasteiger partial charge in [0, 0.05) is 18.4 Å². The number of unbranched alkanes of at least 4 members (excludes halogenated alkanes) is 1. The summed E-state index contributed by atoms with van der Waals surface area (Å²) < 4.78 is 0. The highest BCUT2D eigenvalue weighted by atomic mass is 16.2. The first kappa shape index (κ1) is 17.0. The van der Waals surface area contributed by atoms with Crippen LogP contribution in [0, 0.1) is 17.8 Å². The van der Waals surface area contributed by atoms with Gasteiger partial charge in [-0.3, -0.25) is 9.59 Å². The van der Waals surface area contributed by atoms with Gasteiger partial charge < -0.3 is 11.1 Å². The Morgan fingerprint density at radius 1 is 1.20 bits per heavy atom. The molecule has 20 heavy (non-hydrogen) atoms. The number of primary amides is 1. The lowest BCUT2D eigenvalue weighted by Gasteiger charge is -2.26. The summed E-state index contributed by atoms with van der Waals surface area (Å²) in [6.07, 6.45) is 8.42. The van der Waals surface area contributed by atoms with E-state index in [-0.39, 0.29) is 23.7 Å². The summed E-state index contributed by atoms with van der Waals surface area (Å²) in [7, 11) is 0. The van der Waals surface area contributed by atoms with Crippen molar-refractivity contribution in [1.29, 1.82) is 0 Å². The fourth-order valence-electron chi connectivity index (χ4n) is 3.33. The Labute approximate surface area is 122 Å². The molecule has 0 bridgehead atoms. The normalized spacial score (nSPS) is 18.7. The third kappa shape index (κ3) is 5.14. The van der Waals surface area contributed by atoms with E-state index in [1.165, 1.54) is 25.7 Å². The molecule has 0 spiro atoms. The second-order valence-corrected chi connectivity index (χ2v) is 6.04. The van der Waals surface area contributed by atoms with Gasteiger partial charge in [0.15, 0.2) is 0 Å². The average Bonchev–Trinajstić information content (AvgIpc) is 2.90. The maximum Gasteiger partial charge on any atom is 0.223 e. The van der Waals surface area contributed by atoms with Gasteiger partial charge in [-0.25, -0.2) is 0 Å². The third-order valence-electron chi connectivity index (χ3n) is 4.47. The summed E-state index contributed by atoms with van der Waals surface area (Å²) in [5.41, 5.74) is 5.57. The fraction of sp³-hybridized carbons (Fsp3) is 0.875. The van der Waals surface area contributed by atoms with Crippen LogP contribution in [-0.4, -0.2) is 18.4 Å². The second kappa shape index (κ2) is 8.98. The molecule has 0 radical (unpaired) electrons. The van der Waals surface area contributed by atoms with Crippen molar-refractivity contribution in [1.82, 2.24) is 5.32 Å². The molecule has 0 aromatic carbocycles. The number of carbonyl (C=O) groups is 2. The highest BCUT2D eigenvalue weighted by molar-refractivity contribution is 5.86. The lowest BCUT2D eigenvalue weighted by Crippen LogP contribution is -2.41. The molecule has 1 saturated carbocycles. The van der Waals surface area contributed by atoms with E-state index in [0.717, 1.165) is 25.7 Å². The number of nitrogens with one attached hydrogen (secondary N) is 1. The van der Waals surface area contributed by atoms with Crippen LogP contribution in [0.4, 0.5) is 0 Å². The summed E-state index contributed by atoms with van der Waals surface area (Å²) in [6.45, 7) is 4.62. The minimum atomic E-state index is -0.312. The molecule has 1 aliphatic rings. The van der Waals surface area contributed by atoms with Crippen molar-refractivity contribution in [3.05, 3.63) is 0 Å². The van der Waals surface area contributed by atoms with Crippen molar-refractivity contribution in [2.45, 2.75) is 65.2 Å². The molecule has 116 valence electrons. The lowest BCUT2D eigenvalue weighted by atomic mass is 9.80. The fourth-order valence-corrected chi connectivity index (χ4v) is 3.33. The molecule has 1 rings (SSSR count). The van der Waals surface area contributed by atoms with Crippen LogP contribution in [0.5, 0.6) is 0 Å². The minimum Gasteiger partial charge on any atom is -0.369 e. The Kier molecular flexibility index (Phi) is 7.63. The maximum atomic E-state index is 12.3. The van der Waals surface area contributed by atoms with Crippen LogP contribution in [0.15, 0.2) is 0 Å². The zero-order chi connectivity index (χ0) is 15.0. The second-order valence-electron chi connectivity index (χ2n) is 6.04. The Balaban J connectivity index is 2.75. The zero-order valence-electron chi connectivity index (χ0n) is 13.0. The number of nitrogens with two attached hydrogens (primary N) is 1. The Bertz CT molecular complexity index is 312. The van der Waals surface area contributed by atoms with E-state index < -0.39 is 0 Å². The smallest absolute Gasteiger partial charge is 0.223 e. The van der Waals surface area contributed by atoms with E-state index in [9.17, 15) is 9.59 Å². The van der Waals surface area contributed by atoms with E-state index in [1.807, 2.05) is 6.92 Å². The third-order valence-corrected chi connectivity index (χ3v) is 4.47. The van der Waals surface area contributed by atoms with Crippen molar-refractivity contribution in [3.8, 4) is 0 Å². The predicted octanol–water partition coefficient (Wildman–Crippen LogP) is 2.61. The van der Waals surface area contributed by atoms with Gasteiger partial charge in [-0.05, 0) is 25.7 Å². The molecule has 1 aliphatic carbocycles. The quantitative estimate of drug-likeness (QED) is 0.682. The standard InChI is InChI=1S/C16H30N2O2/c1-3-5-10-13(15(17)19)14(16(20)18-4-2)11-12-8-6-7-9-12/h12-14H,3-11H2,1-2H3,(H2,17,19)(H,18,20)/t13-,14+/m0/s1. The molecule has 0 saturated heterocycles. The zero-order valence-corrected chi connectivity index (χ0v) is 13.0. The molecule has 4 nitrogen and oxygen atoms in total. The van der Waals surface area contributed by atoms with Crippen LogP contribution in [0.3, 0.4) is 0 Å². The molecule has 2 amide bonds. The van der Waals surface area contributed by atoms with Gasteiger partial charge in [-0.15, -0.1) is 0 Å². The molecule has 0 aromatic heterocycles. The maximum absolute atomic E-state index is 12.3. The highest BCUT2D eigenvalue weighted by Gasteiger charge is 2.34. The van der Waals surface area contributed by atoms with Crippen LogP contribution in [0.1, 0.15) is 65.2 Å². The Hall–Kier alpha value is -1.06. The van der Waals surface area contributed by atoms with Gasteiger partial charge in [-0.1, -0.05) is 45.4 Å². The SMILES string of the molecule is CCCC[C@H](C(N)=O)[C@@H](CC1CCCC1)C(=O)NCC. The molecule has 3 N–H and O–H groups in total. The van der Waals surface area contributed by atoms with Crippen LogP contribution in [0.2, 0.25) is 0 Å². The first-order chi connectivity index (χ1) is 9.60. The molecule has 0 heterocycles. The molecular weight excluding hydrogens is 252 g/mol. The van der Waals surface area contributed by atoms with Crippen molar-refractivity contribution < 1.29 is 9.59 Å². The number of hydrogen-bond acceptors (Lipinski definition) is 2. The van der Waals surface area contributed by atoms with Gasteiger partial charge in [-0.2, -0.15) is 0 Å². The topological polar surface area (TPSA) is 72.2 Å². The minimum absolute atomic E-state index is 0.0132. The van der Waals surface area contributed by atoms with Gasteiger partial charge in [0.05, 0.1) is 0 Å². The van der Waals surface area contributed by atoms with Crippen LogP contribution in [0.25, 0.3) is 0 Å². The van der Waals surface area contributed by atoms with Crippen molar-refractivity contribution >= 4 is 11.8 Å². The number of carbonyl (C=O) groups excluding carboxylic acids is 2. The predicted molar refractivity (Wildman–Crippen MR) is 81.0 cm³/mol. The monoisotopic (exact) mass is 282 g/mol. The van der Waals surface area contributed by atoms with E-state index in [4.69, 9.17) is 5.73 Å². The van der Waals surface area contributed by atoms with E-state index in [1.54, 1.807) is 0 Å². The summed E-state index contributed by atoms with van der Waals surface area (Å²) >= 11 is 0. The molecule has 0 aromatic rings.